The van der Waals surface area contributed by atoms with Gasteiger partial charge in [-0.05, 0) is 24.5 Å². The van der Waals surface area contributed by atoms with Gasteiger partial charge in [0.25, 0.3) is 0 Å². The Bertz CT molecular complexity index is 341. The number of nitrogens with two attached hydrogens (primary N) is 1. The molecule has 1 aromatic rings. The van der Waals surface area contributed by atoms with Gasteiger partial charge in [-0.1, -0.05) is 32.8 Å². The van der Waals surface area contributed by atoms with E-state index in [-0.39, 0.29) is 6.04 Å². The Morgan fingerprint density at radius 3 is 2.06 bits per heavy atom. The summed E-state index contributed by atoms with van der Waals surface area (Å²) in [6.45, 7) is 4.46. The maximum atomic E-state index is 6.27. The minimum Gasteiger partial charge on any atom is -0.496 e. The molecule has 0 spiro atoms. The van der Waals surface area contributed by atoms with Crippen molar-refractivity contribution in [2.75, 3.05) is 14.2 Å². The summed E-state index contributed by atoms with van der Waals surface area (Å²) in [5, 5.41) is 0. The molecule has 0 bridgehead atoms. The highest BCUT2D eigenvalue weighted by Gasteiger charge is 2.17. The van der Waals surface area contributed by atoms with Crippen LogP contribution in [0.5, 0.6) is 11.5 Å². The standard InChI is InChI=1S/C15H25NO2/c1-11(2)7-5-8-12(16)15-13(17-3)9-6-10-14(15)18-4/h6,9-12H,5,7-8,16H2,1-4H3. The molecule has 0 aromatic heterocycles. The summed E-state index contributed by atoms with van der Waals surface area (Å²) >= 11 is 0. The summed E-state index contributed by atoms with van der Waals surface area (Å²) < 4.78 is 10.8. The number of methoxy groups -OCH3 is 2. The molecule has 3 heteroatoms. The monoisotopic (exact) mass is 251 g/mol. The molecule has 18 heavy (non-hydrogen) atoms. The second-order valence-corrected chi connectivity index (χ2v) is 5.01. The quantitative estimate of drug-likeness (QED) is 0.806. The number of rotatable bonds is 7. The lowest BCUT2D eigenvalue weighted by atomic mass is 9.97. The van der Waals surface area contributed by atoms with Crippen LogP contribution in [0.1, 0.15) is 44.7 Å². The predicted molar refractivity (Wildman–Crippen MR) is 75.2 cm³/mol. The molecule has 1 atom stereocenters. The highest BCUT2D eigenvalue weighted by molar-refractivity contribution is 5.46. The lowest BCUT2D eigenvalue weighted by molar-refractivity contribution is 0.374. The summed E-state index contributed by atoms with van der Waals surface area (Å²) in [4.78, 5) is 0. The van der Waals surface area contributed by atoms with Crippen LogP contribution in [0.15, 0.2) is 18.2 Å². The molecule has 2 N–H and O–H groups in total. The molecule has 0 aliphatic carbocycles. The molecule has 0 heterocycles. The Balaban J connectivity index is 2.79. The first-order valence-electron chi connectivity index (χ1n) is 6.56. The van der Waals surface area contributed by atoms with Gasteiger partial charge >= 0.3 is 0 Å². The van der Waals surface area contributed by atoms with Crippen LogP contribution in [-0.2, 0) is 0 Å². The van der Waals surface area contributed by atoms with Gasteiger partial charge < -0.3 is 15.2 Å². The zero-order chi connectivity index (χ0) is 13.5. The second-order valence-electron chi connectivity index (χ2n) is 5.01. The lowest BCUT2D eigenvalue weighted by Crippen LogP contribution is -2.13. The van der Waals surface area contributed by atoms with Crippen LogP contribution in [0.3, 0.4) is 0 Å². The van der Waals surface area contributed by atoms with Crippen molar-refractivity contribution in [1.82, 2.24) is 0 Å². The van der Waals surface area contributed by atoms with Crippen LogP contribution in [0, 0.1) is 5.92 Å². The van der Waals surface area contributed by atoms with E-state index in [1.165, 1.54) is 6.42 Å². The molecule has 0 radical (unpaired) electrons. The van der Waals surface area contributed by atoms with Gasteiger partial charge in [0.2, 0.25) is 0 Å². The minimum absolute atomic E-state index is 0.0325. The lowest BCUT2D eigenvalue weighted by Gasteiger charge is -2.19. The number of benzene rings is 1. The molecule has 1 unspecified atom stereocenters. The average Bonchev–Trinajstić information content (AvgIpc) is 2.36. The van der Waals surface area contributed by atoms with Gasteiger partial charge in [0.1, 0.15) is 11.5 Å². The highest BCUT2D eigenvalue weighted by Crippen LogP contribution is 2.35. The first kappa shape index (κ1) is 14.8. The van der Waals surface area contributed by atoms with Crippen molar-refractivity contribution >= 4 is 0 Å². The SMILES string of the molecule is COc1cccc(OC)c1C(N)CCCC(C)C. The fourth-order valence-corrected chi connectivity index (χ4v) is 2.14. The van der Waals surface area contributed by atoms with E-state index in [1.807, 2.05) is 18.2 Å². The normalized spacial score (nSPS) is 12.6. The van der Waals surface area contributed by atoms with Gasteiger partial charge in [-0.2, -0.15) is 0 Å². The summed E-state index contributed by atoms with van der Waals surface area (Å²) in [5.41, 5.74) is 7.25. The summed E-state index contributed by atoms with van der Waals surface area (Å²) in [5.74, 6) is 2.34. The summed E-state index contributed by atoms with van der Waals surface area (Å²) in [7, 11) is 3.33. The van der Waals surface area contributed by atoms with E-state index >= 15 is 0 Å². The third-order valence-electron chi connectivity index (χ3n) is 3.13. The molecule has 102 valence electrons. The van der Waals surface area contributed by atoms with Gasteiger partial charge in [0.15, 0.2) is 0 Å². The summed E-state index contributed by atoms with van der Waals surface area (Å²) in [6.07, 6.45) is 3.28. The van der Waals surface area contributed by atoms with Crippen LogP contribution in [0.25, 0.3) is 0 Å². The van der Waals surface area contributed by atoms with E-state index in [0.29, 0.717) is 0 Å². The molecule has 1 rings (SSSR count). The molecule has 0 amide bonds. The third kappa shape index (κ3) is 3.91. The van der Waals surface area contributed by atoms with Crippen LogP contribution in [0.2, 0.25) is 0 Å². The Hall–Kier alpha value is -1.22. The number of hydrogen-bond acceptors (Lipinski definition) is 3. The van der Waals surface area contributed by atoms with Crippen LogP contribution in [-0.4, -0.2) is 14.2 Å². The number of ether oxygens (including phenoxy) is 2. The Labute approximate surface area is 110 Å². The first-order valence-corrected chi connectivity index (χ1v) is 6.56. The Morgan fingerprint density at radius 2 is 1.61 bits per heavy atom. The van der Waals surface area contributed by atoms with Crippen molar-refractivity contribution in [1.29, 1.82) is 0 Å². The van der Waals surface area contributed by atoms with Crippen molar-refractivity contribution < 1.29 is 9.47 Å². The van der Waals surface area contributed by atoms with Crippen molar-refractivity contribution in [2.24, 2.45) is 11.7 Å². The molecule has 0 fully saturated rings. The van der Waals surface area contributed by atoms with Gasteiger partial charge in [-0.3, -0.25) is 0 Å². The second kappa shape index (κ2) is 7.27. The molecular weight excluding hydrogens is 226 g/mol. The van der Waals surface area contributed by atoms with Gasteiger partial charge in [0, 0.05) is 6.04 Å². The average molecular weight is 251 g/mol. The maximum absolute atomic E-state index is 6.27. The predicted octanol–water partition coefficient (Wildman–Crippen LogP) is 3.53. The molecular formula is C15H25NO2. The third-order valence-corrected chi connectivity index (χ3v) is 3.13. The van der Waals surface area contributed by atoms with E-state index in [2.05, 4.69) is 13.8 Å². The minimum atomic E-state index is -0.0325. The van der Waals surface area contributed by atoms with E-state index < -0.39 is 0 Å². The maximum Gasteiger partial charge on any atom is 0.127 e. The smallest absolute Gasteiger partial charge is 0.127 e. The topological polar surface area (TPSA) is 44.5 Å². The van der Waals surface area contributed by atoms with E-state index in [0.717, 1.165) is 35.8 Å². The van der Waals surface area contributed by atoms with Gasteiger partial charge in [0.05, 0.1) is 19.8 Å². The van der Waals surface area contributed by atoms with E-state index in [1.54, 1.807) is 14.2 Å². The summed E-state index contributed by atoms with van der Waals surface area (Å²) in [6, 6.07) is 5.75. The highest BCUT2D eigenvalue weighted by atomic mass is 16.5. The molecule has 0 saturated carbocycles. The molecule has 3 nitrogen and oxygen atoms in total. The van der Waals surface area contributed by atoms with Gasteiger partial charge in [-0.15, -0.1) is 0 Å². The Kier molecular flexibility index (Phi) is 5.99. The van der Waals surface area contributed by atoms with Crippen molar-refractivity contribution in [3.63, 3.8) is 0 Å². The molecule has 0 saturated heterocycles. The van der Waals surface area contributed by atoms with E-state index in [4.69, 9.17) is 15.2 Å². The van der Waals surface area contributed by atoms with Crippen LogP contribution >= 0.6 is 0 Å². The molecule has 1 aromatic carbocycles. The van der Waals surface area contributed by atoms with Gasteiger partial charge in [-0.25, -0.2) is 0 Å². The van der Waals surface area contributed by atoms with Crippen LogP contribution < -0.4 is 15.2 Å². The first-order chi connectivity index (χ1) is 8.60. The zero-order valence-electron chi connectivity index (χ0n) is 11.9. The number of hydrogen-bond donors (Lipinski definition) is 1. The molecule has 0 aliphatic heterocycles. The van der Waals surface area contributed by atoms with E-state index in [9.17, 15) is 0 Å². The van der Waals surface area contributed by atoms with Crippen molar-refractivity contribution in [2.45, 2.75) is 39.2 Å². The fourth-order valence-electron chi connectivity index (χ4n) is 2.14. The van der Waals surface area contributed by atoms with Crippen molar-refractivity contribution in [3.05, 3.63) is 23.8 Å². The van der Waals surface area contributed by atoms with Crippen LogP contribution in [0.4, 0.5) is 0 Å². The Morgan fingerprint density at radius 1 is 1.06 bits per heavy atom. The largest absolute Gasteiger partial charge is 0.496 e. The zero-order valence-corrected chi connectivity index (χ0v) is 11.9. The van der Waals surface area contributed by atoms with Crippen molar-refractivity contribution in [3.8, 4) is 11.5 Å². The fraction of sp³-hybridized carbons (Fsp3) is 0.600. The molecule has 0 aliphatic rings.